The minimum Gasteiger partial charge on any atom is -0.479 e. The number of nitrogens with one attached hydrogen (secondary N) is 1. The molecule has 0 saturated carbocycles. The van der Waals surface area contributed by atoms with Gasteiger partial charge in [0.1, 0.15) is 17.3 Å². The summed E-state index contributed by atoms with van der Waals surface area (Å²) in [6.07, 6.45) is 1.99. The lowest BCUT2D eigenvalue weighted by Gasteiger charge is -2.32. The smallest absolute Gasteiger partial charge is 0.268 e. The number of primary amides is 1. The standard InChI is InChI=1S/C21H23N3O4S/c1-11-7-8-13-16(9-11)29-20(18(13)19(22)26)23-17(25)10-24-14-5-3-4-6-15(14)28-12(2)21(24)27/h3-6,11-12H,7-10H2,1-2H3,(H2,22,26)(H,23,25). The Morgan fingerprint density at radius 1 is 1.31 bits per heavy atom. The van der Waals surface area contributed by atoms with Gasteiger partial charge < -0.3 is 15.8 Å². The Morgan fingerprint density at radius 3 is 2.83 bits per heavy atom. The molecule has 1 aliphatic carbocycles. The van der Waals surface area contributed by atoms with Crippen LogP contribution < -0.4 is 20.7 Å². The Labute approximate surface area is 172 Å². The lowest BCUT2D eigenvalue weighted by molar-refractivity contribution is -0.127. The molecule has 0 radical (unpaired) electrons. The maximum absolute atomic E-state index is 12.8. The minimum atomic E-state index is -0.672. The molecule has 3 amide bonds. The Kier molecular flexibility index (Phi) is 5.04. The summed E-state index contributed by atoms with van der Waals surface area (Å²) in [6.45, 7) is 3.66. The Morgan fingerprint density at radius 2 is 2.07 bits per heavy atom. The molecule has 2 atom stereocenters. The van der Waals surface area contributed by atoms with E-state index < -0.39 is 12.0 Å². The van der Waals surface area contributed by atoms with Crippen LogP contribution >= 0.6 is 11.3 Å². The lowest BCUT2D eigenvalue weighted by Crippen LogP contribution is -2.47. The van der Waals surface area contributed by atoms with Gasteiger partial charge in [-0.25, -0.2) is 0 Å². The summed E-state index contributed by atoms with van der Waals surface area (Å²) < 4.78 is 5.61. The van der Waals surface area contributed by atoms with E-state index in [4.69, 9.17) is 10.5 Å². The van der Waals surface area contributed by atoms with Crippen LogP contribution in [-0.4, -0.2) is 30.4 Å². The molecule has 1 aromatic carbocycles. The molecule has 0 bridgehead atoms. The number of rotatable bonds is 4. The molecule has 0 saturated heterocycles. The fourth-order valence-corrected chi connectivity index (χ4v) is 5.36. The fraction of sp³-hybridized carbons (Fsp3) is 0.381. The summed E-state index contributed by atoms with van der Waals surface area (Å²) in [5.41, 5.74) is 7.54. The molecule has 2 unspecified atom stereocenters. The van der Waals surface area contributed by atoms with Gasteiger partial charge in [-0.15, -0.1) is 11.3 Å². The van der Waals surface area contributed by atoms with Gasteiger partial charge in [0, 0.05) is 4.88 Å². The summed E-state index contributed by atoms with van der Waals surface area (Å²) >= 11 is 1.41. The van der Waals surface area contributed by atoms with E-state index in [1.807, 2.05) is 6.07 Å². The molecule has 2 aliphatic rings. The van der Waals surface area contributed by atoms with Crippen LogP contribution in [0, 0.1) is 5.92 Å². The SMILES string of the molecule is CC1CCc2c(sc(NC(=O)CN3C(=O)C(C)Oc4ccccc43)c2C(N)=O)C1. The second kappa shape index (κ2) is 7.51. The van der Waals surface area contributed by atoms with Crippen LogP contribution in [0.1, 0.15) is 41.1 Å². The summed E-state index contributed by atoms with van der Waals surface area (Å²) in [6, 6.07) is 7.11. The van der Waals surface area contributed by atoms with Crippen LogP contribution in [0.5, 0.6) is 5.75 Å². The van der Waals surface area contributed by atoms with Crippen LogP contribution in [0.2, 0.25) is 0 Å². The van der Waals surface area contributed by atoms with Gasteiger partial charge in [-0.2, -0.15) is 0 Å². The number of carbonyl (C=O) groups is 3. The van der Waals surface area contributed by atoms with Crippen molar-refractivity contribution in [3.8, 4) is 5.75 Å². The molecular formula is C21H23N3O4S. The third-order valence-corrected chi connectivity index (χ3v) is 6.56. The van der Waals surface area contributed by atoms with E-state index in [-0.39, 0.29) is 18.4 Å². The zero-order chi connectivity index (χ0) is 20.7. The molecule has 2 heterocycles. The van der Waals surface area contributed by atoms with Crippen LogP contribution in [0.3, 0.4) is 0 Å². The molecule has 3 N–H and O–H groups in total. The number of hydrogen-bond donors (Lipinski definition) is 2. The summed E-state index contributed by atoms with van der Waals surface area (Å²) in [5.74, 6) is -0.0985. The Bertz CT molecular complexity index is 1000. The van der Waals surface area contributed by atoms with Crippen LogP contribution in [0.25, 0.3) is 0 Å². The number of fused-ring (bicyclic) bond motifs is 2. The van der Waals surface area contributed by atoms with Crippen molar-refractivity contribution in [1.29, 1.82) is 0 Å². The largest absolute Gasteiger partial charge is 0.479 e. The fourth-order valence-electron chi connectivity index (χ4n) is 3.93. The van der Waals surface area contributed by atoms with Crippen LogP contribution in [-0.2, 0) is 22.4 Å². The van der Waals surface area contributed by atoms with Crippen molar-refractivity contribution < 1.29 is 19.1 Å². The molecule has 4 rings (SSSR count). The number of benzene rings is 1. The highest BCUT2D eigenvalue weighted by molar-refractivity contribution is 7.17. The number of nitrogens with two attached hydrogens (primary N) is 1. The summed E-state index contributed by atoms with van der Waals surface area (Å²) in [4.78, 5) is 40.0. The van der Waals surface area contributed by atoms with Crippen molar-refractivity contribution in [2.75, 3.05) is 16.8 Å². The Balaban J connectivity index is 1.58. The first kappa shape index (κ1) is 19.4. The van der Waals surface area contributed by atoms with Gasteiger partial charge in [-0.1, -0.05) is 19.1 Å². The average Bonchev–Trinajstić information content (AvgIpc) is 3.02. The maximum atomic E-state index is 12.8. The van der Waals surface area contributed by atoms with E-state index in [1.54, 1.807) is 25.1 Å². The van der Waals surface area contributed by atoms with Gasteiger partial charge in [0.05, 0.1) is 11.3 Å². The topological polar surface area (TPSA) is 102 Å². The van der Waals surface area contributed by atoms with Crippen LogP contribution in [0.15, 0.2) is 24.3 Å². The number of nitrogens with zero attached hydrogens (tertiary/aromatic N) is 1. The first-order valence-electron chi connectivity index (χ1n) is 9.66. The molecule has 0 fully saturated rings. The van der Waals surface area contributed by atoms with Gasteiger partial charge in [0.2, 0.25) is 5.91 Å². The van der Waals surface area contributed by atoms with Crippen molar-refractivity contribution in [1.82, 2.24) is 0 Å². The van der Waals surface area contributed by atoms with Crippen molar-refractivity contribution in [3.05, 3.63) is 40.3 Å². The highest BCUT2D eigenvalue weighted by Crippen LogP contribution is 2.39. The molecule has 1 aromatic heterocycles. The van der Waals surface area contributed by atoms with Crippen molar-refractivity contribution >= 4 is 39.7 Å². The molecule has 7 nitrogen and oxygen atoms in total. The van der Waals surface area contributed by atoms with Gasteiger partial charge in [-0.05, 0) is 49.8 Å². The molecule has 0 spiro atoms. The van der Waals surface area contributed by atoms with E-state index in [2.05, 4.69) is 12.2 Å². The molecule has 1 aliphatic heterocycles. The first-order chi connectivity index (χ1) is 13.8. The van der Waals surface area contributed by atoms with E-state index in [1.165, 1.54) is 16.2 Å². The quantitative estimate of drug-likeness (QED) is 0.805. The minimum absolute atomic E-state index is 0.166. The Hall–Kier alpha value is -2.87. The number of anilines is 2. The van der Waals surface area contributed by atoms with E-state index in [0.29, 0.717) is 27.9 Å². The molecular weight excluding hydrogens is 390 g/mol. The van der Waals surface area contributed by atoms with Crippen LogP contribution in [0.4, 0.5) is 10.7 Å². The van der Waals surface area contributed by atoms with Crippen molar-refractivity contribution in [3.63, 3.8) is 0 Å². The molecule has 29 heavy (non-hydrogen) atoms. The predicted molar refractivity (Wildman–Crippen MR) is 112 cm³/mol. The third-order valence-electron chi connectivity index (χ3n) is 5.39. The second-order valence-electron chi connectivity index (χ2n) is 7.62. The number of amides is 3. The lowest BCUT2D eigenvalue weighted by atomic mass is 9.88. The second-order valence-corrected chi connectivity index (χ2v) is 8.73. The van der Waals surface area contributed by atoms with E-state index in [9.17, 15) is 14.4 Å². The maximum Gasteiger partial charge on any atom is 0.268 e. The zero-order valence-corrected chi connectivity index (χ0v) is 17.2. The number of thiophene rings is 1. The van der Waals surface area contributed by atoms with Crippen molar-refractivity contribution in [2.24, 2.45) is 11.7 Å². The highest BCUT2D eigenvalue weighted by atomic mass is 32.1. The average molecular weight is 413 g/mol. The number of ether oxygens (including phenoxy) is 1. The molecule has 152 valence electrons. The monoisotopic (exact) mass is 413 g/mol. The third kappa shape index (κ3) is 3.60. The van der Waals surface area contributed by atoms with Crippen molar-refractivity contribution in [2.45, 2.75) is 39.2 Å². The zero-order valence-electron chi connectivity index (χ0n) is 16.4. The summed E-state index contributed by atoms with van der Waals surface area (Å²) in [5, 5.41) is 3.30. The van der Waals surface area contributed by atoms with Gasteiger partial charge in [-0.3, -0.25) is 19.3 Å². The molecule has 8 heteroatoms. The number of carbonyl (C=O) groups excluding carboxylic acids is 3. The van der Waals surface area contributed by atoms with Gasteiger partial charge in [0.15, 0.2) is 6.10 Å². The van der Waals surface area contributed by atoms with E-state index in [0.717, 1.165) is 29.7 Å². The number of para-hydroxylation sites is 2. The highest BCUT2D eigenvalue weighted by Gasteiger charge is 2.33. The normalized spacial score (nSPS) is 20.5. The van der Waals surface area contributed by atoms with Gasteiger partial charge >= 0.3 is 0 Å². The van der Waals surface area contributed by atoms with E-state index >= 15 is 0 Å². The number of hydrogen-bond acceptors (Lipinski definition) is 5. The molecule has 2 aromatic rings. The summed E-state index contributed by atoms with van der Waals surface area (Å²) in [7, 11) is 0. The first-order valence-corrected chi connectivity index (χ1v) is 10.5. The predicted octanol–water partition coefficient (Wildman–Crippen LogP) is 2.72. The van der Waals surface area contributed by atoms with Gasteiger partial charge in [0.25, 0.3) is 11.8 Å².